The number of amides is 1. The fourth-order valence-corrected chi connectivity index (χ4v) is 2.17. The summed E-state index contributed by atoms with van der Waals surface area (Å²) in [6.07, 6.45) is 3.18. The van der Waals surface area contributed by atoms with Crippen LogP contribution in [0.4, 0.5) is 11.5 Å². The third-order valence-electron chi connectivity index (χ3n) is 2.72. The van der Waals surface area contributed by atoms with Crippen molar-refractivity contribution in [2.24, 2.45) is 5.73 Å². The van der Waals surface area contributed by atoms with Gasteiger partial charge in [0.25, 0.3) is 0 Å². The average molecular weight is 241 g/mol. The molecule has 1 amide bonds. The van der Waals surface area contributed by atoms with Gasteiger partial charge in [0.15, 0.2) is 5.82 Å². The quantitative estimate of drug-likeness (QED) is 0.800. The molecule has 1 fully saturated rings. The van der Waals surface area contributed by atoms with E-state index in [1.807, 2.05) is 4.90 Å². The molecule has 2 rings (SSSR count). The molecule has 0 radical (unpaired) electrons. The van der Waals surface area contributed by atoms with E-state index >= 15 is 0 Å². The van der Waals surface area contributed by atoms with Crippen LogP contribution in [0.5, 0.6) is 0 Å². The van der Waals surface area contributed by atoms with Crippen LogP contribution in [0.2, 0.25) is 5.02 Å². The molecule has 16 heavy (non-hydrogen) atoms. The lowest BCUT2D eigenvalue weighted by atomic mass is 10.2. The maximum Gasteiger partial charge on any atom is 0.240 e. The Bertz CT molecular complexity index is 423. The van der Waals surface area contributed by atoms with Gasteiger partial charge in [-0.05, 0) is 18.9 Å². The van der Waals surface area contributed by atoms with Crippen molar-refractivity contribution in [1.82, 2.24) is 4.98 Å². The molecule has 2 heterocycles. The summed E-state index contributed by atoms with van der Waals surface area (Å²) in [4.78, 5) is 17.2. The molecule has 1 atom stereocenters. The standard InChI is InChI=1S/C10H13ClN4O/c11-6-4-7(12)10(14-5-6)15-3-1-2-8(15)9(13)16/h4-5,8H,1-3,12H2,(H2,13,16). The summed E-state index contributed by atoms with van der Waals surface area (Å²) in [5.41, 5.74) is 11.6. The van der Waals surface area contributed by atoms with Crippen molar-refractivity contribution in [3.63, 3.8) is 0 Å². The predicted octanol–water partition coefficient (Wildman–Crippen LogP) is 0.771. The Morgan fingerprint density at radius 3 is 3.00 bits per heavy atom. The lowest BCUT2D eigenvalue weighted by molar-refractivity contribution is -0.119. The van der Waals surface area contributed by atoms with Crippen LogP contribution in [0, 0.1) is 0 Å². The Kier molecular flexibility index (Phi) is 2.87. The van der Waals surface area contributed by atoms with Gasteiger partial charge in [0, 0.05) is 12.7 Å². The lowest BCUT2D eigenvalue weighted by Crippen LogP contribution is -2.41. The Morgan fingerprint density at radius 1 is 1.62 bits per heavy atom. The third kappa shape index (κ3) is 1.90. The number of aromatic nitrogens is 1. The first kappa shape index (κ1) is 11.0. The number of hydrogen-bond donors (Lipinski definition) is 2. The lowest BCUT2D eigenvalue weighted by Gasteiger charge is -2.24. The number of halogens is 1. The van der Waals surface area contributed by atoms with Gasteiger partial charge in [-0.2, -0.15) is 0 Å². The van der Waals surface area contributed by atoms with Crippen molar-refractivity contribution in [1.29, 1.82) is 0 Å². The van der Waals surface area contributed by atoms with E-state index in [9.17, 15) is 4.79 Å². The highest BCUT2D eigenvalue weighted by Crippen LogP contribution is 2.29. The van der Waals surface area contributed by atoms with E-state index in [-0.39, 0.29) is 11.9 Å². The highest BCUT2D eigenvalue weighted by molar-refractivity contribution is 6.30. The number of nitrogens with two attached hydrogens (primary N) is 2. The Balaban J connectivity index is 2.32. The smallest absolute Gasteiger partial charge is 0.240 e. The SMILES string of the molecule is NC(=O)C1CCCN1c1ncc(Cl)cc1N. The number of nitrogen functional groups attached to an aromatic ring is 1. The van der Waals surface area contributed by atoms with Crippen LogP contribution in [0.3, 0.4) is 0 Å². The Morgan fingerprint density at radius 2 is 2.38 bits per heavy atom. The fourth-order valence-electron chi connectivity index (χ4n) is 2.00. The summed E-state index contributed by atoms with van der Waals surface area (Å²) in [7, 11) is 0. The van der Waals surface area contributed by atoms with Crippen molar-refractivity contribution in [2.75, 3.05) is 17.2 Å². The number of nitrogens with zero attached hydrogens (tertiary/aromatic N) is 2. The number of primary amides is 1. The van der Waals surface area contributed by atoms with E-state index in [1.165, 1.54) is 6.20 Å². The zero-order chi connectivity index (χ0) is 11.7. The van der Waals surface area contributed by atoms with E-state index in [0.717, 1.165) is 19.4 Å². The molecular formula is C10H13ClN4O. The molecule has 1 aromatic rings. The van der Waals surface area contributed by atoms with Gasteiger partial charge in [0.05, 0.1) is 10.7 Å². The van der Waals surface area contributed by atoms with Crippen LogP contribution in [0.1, 0.15) is 12.8 Å². The Labute approximate surface area is 98.4 Å². The van der Waals surface area contributed by atoms with E-state index in [2.05, 4.69) is 4.98 Å². The molecule has 0 aliphatic carbocycles. The van der Waals surface area contributed by atoms with Gasteiger partial charge in [0.1, 0.15) is 6.04 Å². The molecule has 1 aliphatic heterocycles. The molecule has 1 unspecified atom stereocenters. The molecule has 1 aromatic heterocycles. The van der Waals surface area contributed by atoms with Gasteiger partial charge < -0.3 is 16.4 Å². The second-order valence-electron chi connectivity index (χ2n) is 3.82. The molecule has 86 valence electrons. The van der Waals surface area contributed by atoms with Gasteiger partial charge in [-0.15, -0.1) is 0 Å². The molecule has 0 aromatic carbocycles. The maximum absolute atomic E-state index is 11.2. The minimum atomic E-state index is -0.339. The largest absolute Gasteiger partial charge is 0.396 e. The first-order valence-corrected chi connectivity index (χ1v) is 5.44. The monoisotopic (exact) mass is 240 g/mol. The molecule has 6 heteroatoms. The van der Waals surface area contributed by atoms with Gasteiger partial charge in [0.2, 0.25) is 5.91 Å². The molecule has 0 spiro atoms. The highest BCUT2D eigenvalue weighted by Gasteiger charge is 2.30. The third-order valence-corrected chi connectivity index (χ3v) is 2.92. The summed E-state index contributed by atoms with van der Waals surface area (Å²) in [5.74, 6) is 0.249. The minimum absolute atomic E-state index is 0.309. The summed E-state index contributed by atoms with van der Waals surface area (Å²) in [6.45, 7) is 0.742. The molecule has 1 aliphatic rings. The summed E-state index contributed by atoms with van der Waals surface area (Å²) in [6, 6.07) is 1.32. The minimum Gasteiger partial charge on any atom is -0.396 e. The number of carbonyl (C=O) groups is 1. The van der Waals surface area contributed by atoms with E-state index in [4.69, 9.17) is 23.1 Å². The van der Waals surface area contributed by atoms with E-state index in [0.29, 0.717) is 16.5 Å². The van der Waals surface area contributed by atoms with Crippen molar-refractivity contribution in [3.8, 4) is 0 Å². The van der Waals surface area contributed by atoms with Crippen LogP contribution in [-0.4, -0.2) is 23.5 Å². The van der Waals surface area contributed by atoms with Gasteiger partial charge >= 0.3 is 0 Å². The molecule has 0 saturated carbocycles. The number of rotatable bonds is 2. The van der Waals surface area contributed by atoms with Crippen LogP contribution < -0.4 is 16.4 Å². The van der Waals surface area contributed by atoms with E-state index < -0.39 is 0 Å². The molecule has 5 nitrogen and oxygen atoms in total. The molecule has 4 N–H and O–H groups in total. The van der Waals surface area contributed by atoms with Gasteiger partial charge in [-0.3, -0.25) is 4.79 Å². The topological polar surface area (TPSA) is 85.2 Å². The number of pyridine rings is 1. The second kappa shape index (κ2) is 4.17. The summed E-state index contributed by atoms with van der Waals surface area (Å²) >= 11 is 5.77. The average Bonchev–Trinajstić information content (AvgIpc) is 2.66. The second-order valence-corrected chi connectivity index (χ2v) is 4.26. The molecule has 1 saturated heterocycles. The highest BCUT2D eigenvalue weighted by atomic mass is 35.5. The van der Waals surface area contributed by atoms with Crippen molar-refractivity contribution < 1.29 is 4.79 Å². The van der Waals surface area contributed by atoms with Crippen molar-refractivity contribution in [2.45, 2.75) is 18.9 Å². The van der Waals surface area contributed by atoms with Crippen molar-refractivity contribution >= 4 is 29.0 Å². The van der Waals surface area contributed by atoms with Crippen molar-refractivity contribution in [3.05, 3.63) is 17.3 Å². The normalized spacial score (nSPS) is 20.1. The summed E-state index contributed by atoms with van der Waals surface area (Å²) in [5, 5.41) is 0.482. The first-order valence-electron chi connectivity index (χ1n) is 5.06. The number of anilines is 2. The first-order chi connectivity index (χ1) is 7.59. The van der Waals surface area contributed by atoms with Crippen LogP contribution in [0.15, 0.2) is 12.3 Å². The van der Waals surface area contributed by atoms with Gasteiger partial charge in [-0.25, -0.2) is 4.98 Å². The predicted molar refractivity (Wildman–Crippen MR) is 63.2 cm³/mol. The maximum atomic E-state index is 11.2. The summed E-state index contributed by atoms with van der Waals surface area (Å²) < 4.78 is 0. The zero-order valence-electron chi connectivity index (χ0n) is 8.69. The van der Waals surface area contributed by atoms with E-state index in [1.54, 1.807) is 6.07 Å². The number of hydrogen-bond acceptors (Lipinski definition) is 4. The number of carbonyl (C=O) groups excluding carboxylic acids is 1. The van der Waals surface area contributed by atoms with Crippen LogP contribution >= 0.6 is 11.6 Å². The van der Waals surface area contributed by atoms with Gasteiger partial charge in [-0.1, -0.05) is 11.6 Å². The van der Waals surface area contributed by atoms with Crippen LogP contribution in [-0.2, 0) is 4.79 Å². The zero-order valence-corrected chi connectivity index (χ0v) is 9.44. The molecule has 0 bridgehead atoms. The molecular weight excluding hydrogens is 228 g/mol. The Hall–Kier alpha value is -1.49. The van der Waals surface area contributed by atoms with Crippen LogP contribution in [0.25, 0.3) is 0 Å². The fraction of sp³-hybridized carbons (Fsp3) is 0.400.